The maximum atomic E-state index is 11.9. The normalized spacial score (nSPS) is 17.8. The highest BCUT2D eigenvalue weighted by atomic mass is 16.6. The Balaban J connectivity index is 2.42. The van der Waals surface area contributed by atoms with E-state index in [0.717, 1.165) is 12.8 Å². The summed E-state index contributed by atoms with van der Waals surface area (Å²) >= 11 is 0. The van der Waals surface area contributed by atoms with Gasteiger partial charge >= 0.3 is 6.09 Å². The van der Waals surface area contributed by atoms with E-state index in [-0.39, 0.29) is 11.7 Å². The fraction of sp³-hybridized carbons (Fsp3) is 0.857. The van der Waals surface area contributed by atoms with Gasteiger partial charge in [-0.3, -0.25) is 4.79 Å². The summed E-state index contributed by atoms with van der Waals surface area (Å²) in [5.41, 5.74) is -0.495. The Hall–Kier alpha value is -1.06. The minimum Gasteiger partial charge on any atom is -0.444 e. The summed E-state index contributed by atoms with van der Waals surface area (Å²) in [5, 5.41) is 2.72. The van der Waals surface area contributed by atoms with E-state index in [9.17, 15) is 9.59 Å². The zero-order valence-corrected chi connectivity index (χ0v) is 11.9. The number of amides is 1. The minimum atomic E-state index is -0.495. The summed E-state index contributed by atoms with van der Waals surface area (Å²) in [6.07, 6.45) is 3.51. The molecule has 0 aromatic rings. The van der Waals surface area contributed by atoms with Gasteiger partial charge < -0.3 is 10.1 Å². The van der Waals surface area contributed by atoms with Gasteiger partial charge in [-0.2, -0.15) is 0 Å². The number of hydrogen-bond acceptors (Lipinski definition) is 3. The molecule has 1 aliphatic carbocycles. The van der Waals surface area contributed by atoms with Crippen LogP contribution in [-0.2, 0) is 9.53 Å². The average molecular weight is 255 g/mol. The molecule has 0 saturated heterocycles. The number of nitrogens with one attached hydrogen (secondary N) is 1. The molecular weight excluding hydrogens is 230 g/mol. The molecule has 1 saturated carbocycles. The van der Waals surface area contributed by atoms with E-state index in [4.69, 9.17) is 4.74 Å². The zero-order chi connectivity index (χ0) is 13.8. The Labute approximate surface area is 109 Å². The van der Waals surface area contributed by atoms with Crippen LogP contribution >= 0.6 is 0 Å². The number of ketones is 1. The van der Waals surface area contributed by atoms with Crippen LogP contribution in [0.5, 0.6) is 0 Å². The molecule has 1 fully saturated rings. The van der Waals surface area contributed by atoms with Crippen molar-refractivity contribution in [2.45, 2.75) is 59.0 Å². The molecule has 1 amide bonds. The zero-order valence-electron chi connectivity index (χ0n) is 11.9. The van der Waals surface area contributed by atoms with Crippen LogP contribution in [0.4, 0.5) is 4.79 Å². The summed E-state index contributed by atoms with van der Waals surface area (Å²) < 4.78 is 5.17. The van der Waals surface area contributed by atoms with Gasteiger partial charge in [0.05, 0.1) is 0 Å². The molecule has 0 spiro atoms. The Kier molecular flexibility index (Phi) is 5.17. The number of rotatable bonds is 5. The van der Waals surface area contributed by atoms with E-state index in [1.54, 1.807) is 0 Å². The van der Waals surface area contributed by atoms with Gasteiger partial charge in [0.2, 0.25) is 0 Å². The second-order valence-electron chi connectivity index (χ2n) is 6.00. The lowest BCUT2D eigenvalue weighted by Gasteiger charge is -2.33. The van der Waals surface area contributed by atoms with Crippen LogP contribution in [0.1, 0.15) is 53.4 Å². The summed E-state index contributed by atoms with van der Waals surface area (Å²) in [7, 11) is 0. The topological polar surface area (TPSA) is 55.4 Å². The van der Waals surface area contributed by atoms with Crippen LogP contribution in [0.15, 0.2) is 0 Å². The van der Waals surface area contributed by atoms with Crippen molar-refractivity contribution in [1.29, 1.82) is 0 Å². The molecule has 18 heavy (non-hydrogen) atoms. The molecule has 0 aromatic heterocycles. The standard InChI is InChI=1S/C14H25NO3/c1-5-12(16)11(10-7-6-8-10)9-15-13(17)18-14(2,3)4/h10-11H,5-9H2,1-4H3,(H,15,17). The van der Waals surface area contributed by atoms with Gasteiger partial charge in [0, 0.05) is 18.9 Å². The van der Waals surface area contributed by atoms with Gasteiger partial charge in [0.1, 0.15) is 11.4 Å². The Bertz CT molecular complexity index is 303. The van der Waals surface area contributed by atoms with Gasteiger partial charge in [0.15, 0.2) is 0 Å². The number of alkyl carbamates (subject to hydrolysis) is 1. The maximum Gasteiger partial charge on any atom is 0.407 e. The highest BCUT2D eigenvalue weighted by Gasteiger charge is 2.32. The number of carbonyl (C=O) groups is 2. The molecule has 4 heteroatoms. The fourth-order valence-corrected chi connectivity index (χ4v) is 2.16. The smallest absolute Gasteiger partial charge is 0.407 e. The molecule has 4 nitrogen and oxygen atoms in total. The molecule has 1 N–H and O–H groups in total. The molecule has 104 valence electrons. The molecule has 0 bridgehead atoms. The Morgan fingerprint density at radius 2 is 1.94 bits per heavy atom. The first-order valence-corrected chi connectivity index (χ1v) is 6.83. The van der Waals surface area contributed by atoms with Gasteiger partial charge in [-0.15, -0.1) is 0 Å². The lowest BCUT2D eigenvalue weighted by atomic mass is 9.73. The van der Waals surface area contributed by atoms with Gasteiger partial charge in [-0.25, -0.2) is 4.79 Å². The fourth-order valence-electron chi connectivity index (χ4n) is 2.16. The average Bonchev–Trinajstić information content (AvgIpc) is 2.17. The number of Topliss-reactive ketones (excluding diaryl/α,β-unsaturated/α-hetero) is 1. The van der Waals surface area contributed by atoms with Crippen molar-refractivity contribution in [1.82, 2.24) is 5.32 Å². The number of carbonyl (C=O) groups excluding carboxylic acids is 2. The van der Waals surface area contributed by atoms with Gasteiger partial charge in [-0.05, 0) is 39.5 Å². The molecule has 0 aromatic carbocycles. The number of ether oxygens (including phenoxy) is 1. The second kappa shape index (κ2) is 6.21. The van der Waals surface area contributed by atoms with Crippen LogP contribution in [0.25, 0.3) is 0 Å². The van der Waals surface area contributed by atoms with Crippen molar-refractivity contribution in [3.8, 4) is 0 Å². The molecule has 1 atom stereocenters. The molecule has 1 rings (SSSR count). The molecule has 1 aliphatic rings. The first kappa shape index (κ1) is 15.0. The third-order valence-corrected chi connectivity index (χ3v) is 3.35. The van der Waals surface area contributed by atoms with E-state index < -0.39 is 11.7 Å². The monoisotopic (exact) mass is 255 g/mol. The molecular formula is C14H25NO3. The first-order chi connectivity index (χ1) is 8.33. The van der Waals surface area contributed by atoms with Gasteiger partial charge in [0.25, 0.3) is 0 Å². The Morgan fingerprint density at radius 3 is 2.33 bits per heavy atom. The van der Waals surface area contributed by atoms with Crippen LogP contribution in [0.2, 0.25) is 0 Å². The number of hydrogen-bond donors (Lipinski definition) is 1. The van der Waals surface area contributed by atoms with Crippen molar-refractivity contribution >= 4 is 11.9 Å². The van der Waals surface area contributed by atoms with Crippen molar-refractivity contribution in [3.05, 3.63) is 0 Å². The van der Waals surface area contributed by atoms with E-state index in [1.807, 2.05) is 27.7 Å². The van der Waals surface area contributed by atoms with Gasteiger partial charge in [-0.1, -0.05) is 13.3 Å². The lowest BCUT2D eigenvalue weighted by Crippen LogP contribution is -2.41. The predicted molar refractivity (Wildman–Crippen MR) is 70.4 cm³/mol. The van der Waals surface area contributed by atoms with Crippen molar-refractivity contribution in [3.63, 3.8) is 0 Å². The van der Waals surface area contributed by atoms with Crippen molar-refractivity contribution in [2.75, 3.05) is 6.54 Å². The van der Waals surface area contributed by atoms with Crippen molar-refractivity contribution < 1.29 is 14.3 Å². The first-order valence-electron chi connectivity index (χ1n) is 6.83. The molecule has 0 heterocycles. The van der Waals surface area contributed by atoms with Crippen molar-refractivity contribution in [2.24, 2.45) is 11.8 Å². The largest absolute Gasteiger partial charge is 0.444 e. The summed E-state index contributed by atoms with van der Waals surface area (Å²) in [5.74, 6) is 0.666. The van der Waals surface area contributed by atoms with Crippen LogP contribution in [0.3, 0.4) is 0 Å². The third-order valence-electron chi connectivity index (χ3n) is 3.35. The Morgan fingerprint density at radius 1 is 1.33 bits per heavy atom. The van der Waals surface area contributed by atoms with E-state index in [0.29, 0.717) is 18.9 Å². The van der Waals surface area contributed by atoms with E-state index in [2.05, 4.69) is 5.32 Å². The van der Waals surface area contributed by atoms with Crippen LogP contribution in [0, 0.1) is 11.8 Å². The third kappa shape index (κ3) is 4.67. The molecule has 1 unspecified atom stereocenters. The SMILES string of the molecule is CCC(=O)C(CNC(=O)OC(C)(C)C)C1CCC1. The van der Waals surface area contributed by atoms with Crippen LogP contribution < -0.4 is 5.32 Å². The quantitative estimate of drug-likeness (QED) is 0.821. The predicted octanol–water partition coefficient (Wildman–Crippen LogP) is 2.91. The molecule has 0 radical (unpaired) electrons. The summed E-state index contributed by atoms with van der Waals surface area (Å²) in [4.78, 5) is 23.4. The summed E-state index contributed by atoms with van der Waals surface area (Å²) in [6.45, 7) is 7.77. The molecule has 0 aliphatic heterocycles. The van der Waals surface area contributed by atoms with E-state index in [1.165, 1.54) is 6.42 Å². The lowest BCUT2D eigenvalue weighted by molar-refractivity contribution is -0.125. The summed E-state index contributed by atoms with van der Waals surface area (Å²) in [6, 6.07) is 0. The highest BCUT2D eigenvalue weighted by molar-refractivity contribution is 5.82. The van der Waals surface area contributed by atoms with Crippen LogP contribution in [-0.4, -0.2) is 24.0 Å². The second-order valence-corrected chi connectivity index (χ2v) is 6.00. The maximum absolute atomic E-state index is 11.9. The highest BCUT2D eigenvalue weighted by Crippen LogP contribution is 2.34. The minimum absolute atomic E-state index is 0.0312. The van der Waals surface area contributed by atoms with E-state index >= 15 is 0 Å².